The molecule has 0 fully saturated rings. The minimum Gasteiger partial charge on any atom is -0.497 e. The number of para-hydroxylation sites is 1. The number of methoxy groups -OCH3 is 1. The minimum absolute atomic E-state index is 0.148. The van der Waals surface area contributed by atoms with Gasteiger partial charge in [0.2, 0.25) is 0 Å². The van der Waals surface area contributed by atoms with E-state index in [9.17, 15) is 4.79 Å². The number of aromatic nitrogens is 1. The summed E-state index contributed by atoms with van der Waals surface area (Å²) in [5.41, 5.74) is 4.46. The van der Waals surface area contributed by atoms with Crippen molar-refractivity contribution in [1.29, 1.82) is 0 Å². The Morgan fingerprint density at radius 3 is 2.88 bits per heavy atom. The van der Waals surface area contributed by atoms with Crippen molar-refractivity contribution in [3.8, 4) is 17.6 Å². The molecule has 1 unspecified atom stereocenters. The van der Waals surface area contributed by atoms with Crippen LogP contribution in [0.3, 0.4) is 0 Å². The first-order valence-electron chi connectivity index (χ1n) is 8.69. The normalized spacial score (nSPS) is 15.9. The van der Waals surface area contributed by atoms with Crippen LogP contribution in [-0.4, -0.2) is 29.4 Å². The van der Waals surface area contributed by atoms with Crippen LogP contribution in [0.5, 0.6) is 5.75 Å². The molecule has 0 radical (unpaired) electrons. The van der Waals surface area contributed by atoms with E-state index in [1.807, 2.05) is 35.2 Å². The van der Waals surface area contributed by atoms with Crippen LogP contribution in [0.1, 0.15) is 29.8 Å². The van der Waals surface area contributed by atoms with Gasteiger partial charge in [-0.25, -0.2) is 0 Å². The van der Waals surface area contributed by atoms with Crippen molar-refractivity contribution >= 4 is 16.8 Å². The summed E-state index contributed by atoms with van der Waals surface area (Å²) in [5, 5.41) is 1.23. The number of carbonyl (C=O) groups is 1. The van der Waals surface area contributed by atoms with E-state index in [1.165, 1.54) is 10.9 Å². The summed E-state index contributed by atoms with van der Waals surface area (Å²) >= 11 is 0. The third kappa shape index (κ3) is 2.62. The number of carbonyl (C=O) groups excluding carboxylic acids is 1. The predicted molar refractivity (Wildman–Crippen MR) is 102 cm³/mol. The maximum absolute atomic E-state index is 12.7. The standard InChI is InChI=1S/C22H20N2O2/c1-3-7-20(25)24-13-12-18-17-10-4-5-11-19(17)23-21(18)22(24)15-8-6-9-16(14-15)26-2/h4-6,8-11,14,22-23H,12-13H2,1-2H3. The lowest BCUT2D eigenvalue weighted by Gasteiger charge is -2.35. The van der Waals surface area contributed by atoms with Crippen LogP contribution in [0.25, 0.3) is 10.9 Å². The zero-order valence-corrected chi connectivity index (χ0v) is 14.9. The van der Waals surface area contributed by atoms with Gasteiger partial charge in [0.15, 0.2) is 0 Å². The average molecular weight is 344 g/mol. The summed E-state index contributed by atoms with van der Waals surface area (Å²) < 4.78 is 5.39. The summed E-state index contributed by atoms with van der Waals surface area (Å²) in [4.78, 5) is 18.1. The van der Waals surface area contributed by atoms with Crippen LogP contribution >= 0.6 is 0 Å². The summed E-state index contributed by atoms with van der Waals surface area (Å²) in [5.74, 6) is 6.06. The van der Waals surface area contributed by atoms with Crippen LogP contribution in [0, 0.1) is 11.8 Å². The third-order valence-corrected chi connectivity index (χ3v) is 4.94. The molecule has 1 aliphatic rings. The van der Waals surface area contributed by atoms with Gasteiger partial charge < -0.3 is 14.6 Å². The van der Waals surface area contributed by atoms with E-state index in [2.05, 4.69) is 35.0 Å². The molecule has 4 rings (SSSR count). The van der Waals surface area contributed by atoms with Crippen molar-refractivity contribution in [3.63, 3.8) is 0 Å². The Hall–Kier alpha value is -3.19. The fourth-order valence-electron chi connectivity index (χ4n) is 3.80. The van der Waals surface area contributed by atoms with Crippen LogP contribution < -0.4 is 4.74 Å². The Morgan fingerprint density at radius 1 is 1.23 bits per heavy atom. The number of hydrogen-bond donors (Lipinski definition) is 1. The molecule has 1 N–H and O–H groups in total. The van der Waals surface area contributed by atoms with Gasteiger partial charge in [-0.3, -0.25) is 4.79 Å². The van der Waals surface area contributed by atoms with Crippen LogP contribution in [0.2, 0.25) is 0 Å². The largest absolute Gasteiger partial charge is 0.497 e. The highest BCUT2D eigenvalue weighted by atomic mass is 16.5. The zero-order chi connectivity index (χ0) is 18.1. The number of H-pyrrole nitrogens is 1. The molecule has 26 heavy (non-hydrogen) atoms. The smallest absolute Gasteiger partial charge is 0.299 e. The van der Waals surface area contributed by atoms with E-state index in [0.29, 0.717) is 6.54 Å². The Balaban J connectivity index is 1.91. The molecule has 0 saturated carbocycles. The van der Waals surface area contributed by atoms with Gasteiger partial charge in [-0.05, 0) is 48.6 Å². The molecule has 0 spiro atoms. The molecular formula is C22H20N2O2. The first-order chi connectivity index (χ1) is 12.7. The van der Waals surface area contributed by atoms with Crippen molar-refractivity contribution in [2.45, 2.75) is 19.4 Å². The number of benzene rings is 2. The number of aromatic amines is 1. The molecule has 0 aliphatic carbocycles. The van der Waals surface area contributed by atoms with Crippen molar-refractivity contribution < 1.29 is 9.53 Å². The second-order valence-electron chi connectivity index (χ2n) is 6.37. The number of nitrogens with one attached hydrogen (secondary N) is 1. The number of nitrogens with zero attached hydrogens (tertiary/aromatic N) is 1. The Kier molecular flexibility index (Phi) is 4.14. The van der Waals surface area contributed by atoms with E-state index in [0.717, 1.165) is 28.9 Å². The highest BCUT2D eigenvalue weighted by Gasteiger charge is 2.34. The second-order valence-corrected chi connectivity index (χ2v) is 6.37. The number of fused-ring (bicyclic) bond motifs is 3. The van der Waals surface area contributed by atoms with Gasteiger partial charge in [0, 0.05) is 23.1 Å². The fourth-order valence-corrected chi connectivity index (χ4v) is 3.80. The van der Waals surface area contributed by atoms with Gasteiger partial charge in [0.25, 0.3) is 5.91 Å². The summed E-state index contributed by atoms with van der Waals surface area (Å²) in [6, 6.07) is 16.0. The molecule has 1 atom stereocenters. The molecular weight excluding hydrogens is 324 g/mol. The minimum atomic E-state index is -0.199. The number of ether oxygens (including phenoxy) is 1. The fraction of sp³-hybridized carbons (Fsp3) is 0.227. The van der Waals surface area contributed by atoms with Gasteiger partial charge in [-0.2, -0.15) is 0 Å². The van der Waals surface area contributed by atoms with Gasteiger partial charge >= 0.3 is 0 Å². The van der Waals surface area contributed by atoms with Crippen molar-refractivity contribution in [2.75, 3.05) is 13.7 Å². The SMILES string of the molecule is CC#CC(=O)N1CCc2c([nH]c3ccccc23)C1c1cccc(OC)c1. The second kappa shape index (κ2) is 6.61. The molecule has 0 saturated heterocycles. The van der Waals surface area contributed by atoms with Gasteiger partial charge in [0.1, 0.15) is 5.75 Å². The maximum Gasteiger partial charge on any atom is 0.299 e. The lowest BCUT2D eigenvalue weighted by atomic mass is 9.92. The Bertz CT molecular complexity index is 1040. The van der Waals surface area contributed by atoms with Crippen LogP contribution in [0.15, 0.2) is 48.5 Å². The Morgan fingerprint density at radius 2 is 2.08 bits per heavy atom. The molecule has 1 aromatic heterocycles. The molecule has 1 amide bonds. The molecule has 4 heteroatoms. The molecule has 2 aromatic carbocycles. The highest BCUT2D eigenvalue weighted by Crippen LogP contribution is 2.39. The first kappa shape index (κ1) is 16.3. The maximum atomic E-state index is 12.7. The molecule has 3 aromatic rings. The van der Waals surface area contributed by atoms with Gasteiger partial charge in [0.05, 0.1) is 13.2 Å². The number of hydrogen-bond acceptors (Lipinski definition) is 2. The van der Waals surface area contributed by atoms with Crippen molar-refractivity contribution in [2.24, 2.45) is 0 Å². The van der Waals surface area contributed by atoms with E-state index < -0.39 is 0 Å². The predicted octanol–water partition coefficient (Wildman–Crippen LogP) is 3.67. The summed E-state index contributed by atoms with van der Waals surface area (Å²) in [6.45, 7) is 2.33. The van der Waals surface area contributed by atoms with E-state index >= 15 is 0 Å². The summed E-state index contributed by atoms with van der Waals surface area (Å²) in [7, 11) is 1.65. The van der Waals surface area contributed by atoms with Crippen LogP contribution in [-0.2, 0) is 11.2 Å². The average Bonchev–Trinajstić information content (AvgIpc) is 3.06. The zero-order valence-electron chi connectivity index (χ0n) is 14.9. The highest BCUT2D eigenvalue weighted by molar-refractivity contribution is 5.95. The van der Waals surface area contributed by atoms with Gasteiger partial charge in [-0.15, -0.1) is 0 Å². The summed E-state index contributed by atoms with van der Waals surface area (Å²) in [6.07, 6.45) is 0.816. The lowest BCUT2D eigenvalue weighted by molar-refractivity contribution is -0.127. The molecule has 2 heterocycles. The molecule has 0 bridgehead atoms. The lowest BCUT2D eigenvalue weighted by Crippen LogP contribution is -2.40. The third-order valence-electron chi connectivity index (χ3n) is 4.94. The number of amides is 1. The Labute approximate surface area is 152 Å². The quantitative estimate of drug-likeness (QED) is 0.721. The monoisotopic (exact) mass is 344 g/mol. The van der Waals surface area contributed by atoms with E-state index in [-0.39, 0.29) is 11.9 Å². The van der Waals surface area contributed by atoms with E-state index in [4.69, 9.17) is 4.74 Å². The topological polar surface area (TPSA) is 45.3 Å². The molecule has 1 aliphatic heterocycles. The molecule has 130 valence electrons. The van der Waals surface area contributed by atoms with Crippen LogP contribution in [0.4, 0.5) is 0 Å². The van der Waals surface area contributed by atoms with Crippen molar-refractivity contribution in [1.82, 2.24) is 9.88 Å². The molecule has 4 nitrogen and oxygen atoms in total. The van der Waals surface area contributed by atoms with E-state index in [1.54, 1.807) is 14.0 Å². The first-order valence-corrected chi connectivity index (χ1v) is 8.69. The van der Waals surface area contributed by atoms with Gasteiger partial charge in [-0.1, -0.05) is 36.3 Å². The number of rotatable bonds is 2. The van der Waals surface area contributed by atoms with Crippen molar-refractivity contribution in [3.05, 3.63) is 65.4 Å².